The molecule has 2 aromatic carbocycles. The van der Waals surface area contributed by atoms with Gasteiger partial charge in [0.05, 0.1) is 27.1 Å². The molecule has 10 nitrogen and oxygen atoms in total. The molecular formula is C24H15ClN6O4. The Morgan fingerprint density at radius 3 is 2.63 bits per heavy atom. The standard InChI is InChI=1S/C24H15ClN6O4/c1-12-15(23(32)29-19-6-4-3-5-18(19)27-22(29)17(12)11-26)10-16-13(2)28-30(24(16)33)21-9-14(25)7-8-20(21)31(34)35/h3-10,28H,1-2H3. The highest BCUT2D eigenvalue weighted by Crippen LogP contribution is 2.25. The van der Waals surface area contributed by atoms with Gasteiger partial charge in [0.25, 0.3) is 16.8 Å². The number of pyridine rings is 1. The Labute approximate surface area is 201 Å². The van der Waals surface area contributed by atoms with Crippen molar-refractivity contribution in [2.75, 3.05) is 0 Å². The van der Waals surface area contributed by atoms with Crippen molar-refractivity contribution in [3.05, 3.63) is 106 Å². The van der Waals surface area contributed by atoms with Gasteiger partial charge in [-0.25, -0.2) is 9.67 Å². The summed E-state index contributed by atoms with van der Waals surface area (Å²) < 4.78 is 2.37. The van der Waals surface area contributed by atoms with Crippen LogP contribution in [0.4, 0.5) is 5.69 Å². The first-order valence-electron chi connectivity index (χ1n) is 10.3. The summed E-state index contributed by atoms with van der Waals surface area (Å²) in [6.07, 6.45) is 1.40. The second kappa shape index (κ2) is 7.93. The molecule has 0 aliphatic heterocycles. The fourth-order valence-electron chi connectivity index (χ4n) is 4.16. The average molecular weight is 487 g/mol. The molecule has 3 aromatic heterocycles. The average Bonchev–Trinajstić information content (AvgIpc) is 3.34. The van der Waals surface area contributed by atoms with E-state index in [9.17, 15) is 25.0 Å². The van der Waals surface area contributed by atoms with E-state index in [-0.39, 0.29) is 38.4 Å². The van der Waals surface area contributed by atoms with Gasteiger partial charge < -0.3 is 0 Å². The molecule has 0 radical (unpaired) electrons. The maximum absolute atomic E-state index is 13.5. The van der Waals surface area contributed by atoms with Gasteiger partial charge >= 0.3 is 0 Å². The SMILES string of the molecule is Cc1[nH]n(-c2cc(Cl)ccc2[N+](=O)[O-])c(=O)c1C=c1c(C)c(C#N)c2nc3ccccc3n2c1=O. The van der Waals surface area contributed by atoms with E-state index in [1.807, 2.05) is 0 Å². The number of imidazole rings is 1. The predicted molar refractivity (Wildman–Crippen MR) is 130 cm³/mol. The molecule has 172 valence electrons. The Morgan fingerprint density at radius 1 is 1.17 bits per heavy atom. The quantitative estimate of drug-likeness (QED) is 0.307. The molecule has 0 atom stereocenters. The van der Waals surface area contributed by atoms with Crippen molar-refractivity contribution in [1.29, 1.82) is 5.26 Å². The predicted octanol–water partition coefficient (Wildman–Crippen LogP) is 2.92. The minimum absolute atomic E-state index is 0.0388. The van der Waals surface area contributed by atoms with Crippen LogP contribution in [0, 0.1) is 35.3 Å². The minimum Gasteiger partial charge on any atom is -0.294 e. The Hall–Kier alpha value is -4.75. The number of nitrogens with zero attached hydrogens (tertiary/aromatic N) is 5. The lowest BCUT2D eigenvalue weighted by atomic mass is 10.1. The second-order valence-electron chi connectivity index (χ2n) is 7.92. The number of fused-ring (bicyclic) bond motifs is 3. The number of para-hydroxylation sites is 2. The number of aromatic nitrogens is 4. The van der Waals surface area contributed by atoms with Crippen molar-refractivity contribution in [3.8, 4) is 11.8 Å². The van der Waals surface area contributed by atoms with Crippen LogP contribution in [0.1, 0.15) is 22.4 Å². The van der Waals surface area contributed by atoms with Crippen LogP contribution in [0.15, 0.2) is 52.1 Å². The van der Waals surface area contributed by atoms with Crippen molar-refractivity contribution in [2.45, 2.75) is 13.8 Å². The fourth-order valence-corrected chi connectivity index (χ4v) is 4.33. The van der Waals surface area contributed by atoms with Crippen LogP contribution >= 0.6 is 11.6 Å². The first-order chi connectivity index (χ1) is 16.7. The fraction of sp³-hybridized carbons (Fsp3) is 0.0833. The number of nitriles is 1. The van der Waals surface area contributed by atoms with Gasteiger partial charge in [0.2, 0.25) is 0 Å². The van der Waals surface area contributed by atoms with Gasteiger partial charge in [-0.1, -0.05) is 23.7 Å². The van der Waals surface area contributed by atoms with E-state index in [4.69, 9.17) is 11.6 Å². The molecule has 0 spiro atoms. The van der Waals surface area contributed by atoms with Crippen LogP contribution in [0.25, 0.3) is 28.4 Å². The van der Waals surface area contributed by atoms with Gasteiger partial charge in [0.1, 0.15) is 11.8 Å². The molecule has 11 heteroatoms. The number of nitrogens with one attached hydrogen (secondary N) is 1. The summed E-state index contributed by atoms with van der Waals surface area (Å²) >= 11 is 6.03. The van der Waals surface area contributed by atoms with Crippen molar-refractivity contribution in [2.24, 2.45) is 0 Å². The molecule has 5 aromatic rings. The molecule has 0 aliphatic carbocycles. The molecule has 3 heterocycles. The maximum Gasteiger partial charge on any atom is 0.295 e. The second-order valence-corrected chi connectivity index (χ2v) is 8.35. The van der Waals surface area contributed by atoms with Gasteiger partial charge in [-0.15, -0.1) is 0 Å². The van der Waals surface area contributed by atoms with Crippen LogP contribution in [0.2, 0.25) is 5.02 Å². The van der Waals surface area contributed by atoms with Gasteiger partial charge in [-0.05, 0) is 49.8 Å². The third-order valence-corrected chi connectivity index (χ3v) is 6.12. The lowest BCUT2D eigenvalue weighted by Gasteiger charge is -2.03. The molecule has 0 aliphatic rings. The van der Waals surface area contributed by atoms with E-state index in [1.54, 1.807) is 38.1 Å². The van der Waals surface area contributed by atoms with E-state index in [2.05, 4.69) is 16.2 Å². The third-order valence-electron chi connectivity index (χ3n) is 5.89. The molecule has 0 amide bonds. The minimum atomic E-state index is -0.616. The first-order valence-corrected chi connectivity index (χ1v) is 10.7. The molecule has 0 saturated carbocycles. The number of halogens is 1. The lowest BCUT2D eigenvalue weighted by Crippen LogP contribution is -2.34. The number of rotatable bonds is 3. The van der Waals surface area contributed by atoms with Gasteiger partial charge in [-0.3, -0.25) is 29.2 Å². The van der Waals surface area contributed by atoms with Crippen LogP contribution in [-0.2, 0) is 0 Å². The highest BCUT2D eigenvalue weighted by molar-refractivity contribution is 6.30. The van der Waals surface area contributed by atoms with Crippen LogP contribution < -0.4 is 16.3 Å². The molecular weight excluding hydrogens is 472 g/mol. The summed E-state index contributed by atoms with van der Waals surface area (Å²) in [4.78, 5) is 42.2. The smallest absolute Gasteiger partial charge is 0.294 e. The maximum atomic E-state index is 13.5. The Kier molecular flexibility index (Phi) is 5.00. The molecule has 5 rings (SSSR count). The first kappa shape index (κ1) is 22.1. The summed E-state index contributed by atoms with van der Waals surface area (Å²) in [6, 6.07) is 13.0. The van der Waals surface area contributed by atoms with Gasteiger partial charge in [0, 0.05) is 22.0 Å². The van der Waals surface area contributed by atoms with Crippen molar-refractivity contribution in [3.63, 3.8) is 0 Å². The zero-order valence-corrected chi connectivity index (χ0v) is 19.1. The number of nitro benzene ring substituents is 1. The Morgan fingerprint density at radius 2 is 1.91 bits per heavy atom. The number of hydrogen-bond acceptors (Lipinski definition) is 6. The summed E-state index contributed by atoms with van der Waals surface area (Å²) in [5.41, 5.74) is 1.02. The van der Waals surface area contributed by atoms with E-state index < -0.39 is 16.0 Å². The third kappa shape index (κ3) is 3.29. The molecule has 1 N–H and O–H groups in total. The summed E-state index contributed by atoms with van der Waals surface area (Å²) in [5.74, 6) is 0. The number of benzene rings is 2. The van der Waals surface area contributed by atoms with E-state index in [1.165, 1.54) is 28.7 Å². The largest absolute Gasteiger partial charge is 0.295 e. The molecule has 0 fully saturated rings. The van der Waals surface area contributed by atoms with Crippen LogP contribution in [0.5, 0.6) is 0 Å². The zero-order valence-electron chi connectivity index (χ0n) is 18.4. The van der Waals surface area contributed by atoms with E-state index in [0.717, 1.165) is 4.68 Å². The van der Waals surface area contributed by atoms with E-state index in [0.29, 0.717) is 22.3 Å². The highest BCUT2D eigenvalue weighted by atomic mass is 35.5. The topological polar surface area (TPSA) is 139 Å². The summed E-state index contributed by atoms with van der Waals surface area (Å²) in [5, 5.41) is 24.5. The highest BCUT2D eigenvalue weighted by Gasteiger charge is 2.21. The summed E-state index contributed by atoms with van der Waals surface area (Å²) in [6.45, 7) is 3.23. The zero-order chi connectivity index (χ0) is 25.0. The van der Waals surface area contributed by atoms with Crippen molar-refractivity contribution < 1.29 is 4.92 Å². The monoisotopic (exact) mass is 486 g/mol. The Balaban J connectivity index is 1.85. The van der Waals surface area contributed by atoms with Crippen LogP contribution in [0.3, 0.4) is 0 Å². The van der Waals surface area contributed by atoms with E-state index >= 15 is 0 Å². The number of nitro groups is 1. The molecule has 0 saturated heterocycles. The number of H-pyrrole nitrogens is 1. The van der Waals surface area contributed by atoms with Crippen molar-refractivity contribution >= 4 is 40.0 Å². The molecule has 0 bridgehead atoms. The molecule has 0 unspecified atom stereocenters. The normalized spacial score (nSPS) is 11.9. The lowest BCUT2D eigenvalue weighted by molar-refractivity contribution is -0.384. The summed E-state index contributed by atoms with van der Waals surface area (Å²) in [7, 11) is 0. The number of hydrogen-bond donors (Lipinski definition) is 1. The van der Waals surface area contributed by atoms with Gasteiger partial charge in [0.15, 0.2) is 5.65 Å². The molecule has 35 heavy (non-hydrogen) atoms. The van der Waals surface area contributed by atoms with Crippen molar-refractivity contribution in [1.82, 2.24) is 19.2 Å². The number of aryl methyl sites for hydroxylation is 1. The van der Waals surface area contributed by atoms with Crippen LogP contribution in [-0.4, -0.2) is 24.1 Å². The Bertz CT molecular complexity index is 1930. The van der Waals surface area contributed by atoms with Gasteiger partial charge in [-0.2, -0.15) is 5.26 Å². The number of aromatic amines is 1.